The first-order valence-electron chi connectivity index (χ1n) is 3.31. The second-order valence-electron chi connectivity index (χ2n) is 2.04. The number of aldehydes is 1. The highest BCUT2D eigenvalue weighted by molar-refractivity contribution is 5.71. The fraction of sp³-hybridized carbons (Fsp3) is 0.571. The Hall–Kier alpha value is -1.03. The molecule has 0 aromatic carbocycles. The smallest absolute Gasteiger partial charge is 0.199 e. The Morgan fingerprint density at radius 1 is 1.55 bits per heavy atom. The van der Waals surface area contributed by atoms with E-state index in [4.69, 9.17) is 14.2 Å². The summed E-state index contributed by atoms with van der Waals surface area (Å²) in [6.45, 7) is 1.20. The van der Waals surface area contributed by atoms with Gasteiger partial charge in [0.2, 0.25) is 0 Å². The first-order valence-corrected chi connectivity index (χ1v) is 3.31. The number of rotatable bonds is 3. The van der Waals surface area contributed by atoms with E-state index in [1.165, 1.54) is 7.11 Å². The molecule has 0 saturated carbocycles. The summed E-state index contributed by atoms with van der Waals surface area (Å²) < 4.78 is 14.9. The zero-order valence-corrected chi connectivity index (χ0v) is 6.33. The van der Waals surface area contributed by atoms with Gasteiger partial charge in [0.1, 0.15) is 19.8 Å². The van der Waals surface area contributed by atoms with Crippen LogP contribution < -0.4 is 0 Å². The Kier molecular flexibility index (Phi) is 2.92. The molecule has 0 N–H and O–H groups in total. The fourth-order valence-electron chi connectivity index (χ4n) is 0.812. The van der Waals surface area contributed by atoms with Crippen molar-refractivity contribution in [2.45, 2.75) is 0 Å². The lowest BCUT2D eigenvalue weighted by Crippen LogP contribution is -2.17. The van der Waals surface area contributed by atoms with Gasteiger partial charge in [-0.25, -0.2) is 0 Å². The standard InChI is InChI=1S/C7H10O4/c1-9-5-7-6(4-8)10-2-3-11-7/h4H,2-3,5H2,1H3. The Labute approximate surface area is 64.7 Å². The molecule has 0 fully saturated rings. The molecule has 1 aliphatic rings. The quantitative estimate of drug-likeness (QED) is 0.546. The lowest BCUT2D eigenvalue weighted by Gasteiger charge is -2.18. The topological polar surface area (TPSA) is 44.8 Å². The lowest BCUT2D eigenvalue weighted by atomic mass is 10.4. The van der Waals surface area contributed by atoms with Gasteiger partial charge < -0.3 is 14.2 Å². The van der Waals surface area contributed by atoms with Crippen molar-refractivity contribution in [3.05, 3.63) is 11.5 Å². The molecule has 0 unspecified atom stereocenters. The van der Waals surface area contributed by atoms with Crippen LogP contribution in [-0.4, -0.2) is 33.2 Å². The van der Waals surface area contributed by atoms with Crippen LogP contribution in [0, 0.1) is 0 Å². The molecule has 0 spiro atoms. The minimum atomic E-state index is 0.248. The maximum atomic E-state index is 10.3. The number of carbonyl (C=O) groups is 1. The van der Waals surface area contributed by atoms with Crippen LogP contribution in [0.3, 0.4) is 0 Å². The minimum absolute atomic E-state index is 0.248. The van der Waals surface area contributed by atoms with Crippen molar-refractivity contribution >= 4 is 6.29 Å². The minimum Gasteiger partial charge on any atom is -0.488 e. The Morgan fingerprint density at radius 2 is 2.27 bits per heavy atom. The largest absolute Gasteiger partial charge is 0.488 e. The van der Waals surface area contributed by atoms with E-state index in [0.717, 1.165) is 0 Å². The third-order valence-electron chi connectivity index (χ3n) is 1.27. The molecule has 4 heteroatoms. The van der Waals surface area contributed by atoms with Crippen LogP contribution in [0.1, 0.15) is 0 Å². The number of hydrogen-bond donors (Lipinski definition) is 0. The Morgan fingerprint density at radius 3 is 2.91 bits per heavy atom. The van der Waals surface area contributed by atoms with Crippen molar-refractivity contribution in [1.29, 1.82) is 0 Å². The van der Waals surface area contributed by atoms with Gasteiger partial charge in [-0.3, -0.25) is 4.79 Å². The normalized spacial score (nSPS) is 17.2. The molecule has 1 aliphatic heterocycles. The number of methoxy groups -OCH3 is 1. The van der Waals surface area contributed by atoms with Gasteiger partial charge in [-0.15, -0.1) is 0 Å². The van der Waals surface area contributed by atoms with Crippen molar-refractivity contribution in [3.8, 4) is 0 Å². The van der Waals surface area contributed by atoms with Crippen LogP contribution in [0.2, 0.25) is 0 Å². The highest BCUT2D eigenvalue weighted by Gasteiger charge is 2.13. The average Bonchev–Trinajstić information content (AvgIpc) is 2.06. The first kappa shape index (κ1) is 8.07. The molecule has 62 valence electrons. The number of ether oxygens (including phenoxy) is 3. The van der Waals surface area contributed by atoms with Crippen molar-refractivity contribution in [2.24, 2.45) is 0 Å². The summed E-state index contributed by atoms with van der Waals surface area (Å²) >= 11 is 0. The number of hydrogen-bond acceptors (Lipinski definition) is 4. The van der Waals surface area contributed by atoms with Gasteiger partial charge >= 0.3 is 0 Å². The molecule has 0 radical (unpaired) electrons. The van der Waals surface area contributed by atoms with E-state index >= 15 is 0 Å². The zero-order valence-electron chi connectivity index (χ0n) is 6.33. The van der Waals surface area contributed by atoms with E-state index in [1.54, 1.807) is 0 Å². The maximum Gasteiger partial charge on any atom is 0.199 e. The molecule has 0 amide bonds. The van der Waals surface area contributed by atoms with Crippen LogP contribution in [0.5, 0.6) is 0 Å². The van der Waals surface area contributed by atoms with Crippen LogP contribution >= 0.6 is 0 Å². The predicted octanol–water partition coefficient (Wildman–Crippen LogP) is 0.0901. The van der Waals surface area contributed by atoms with Crippen molar-refractivity contribution in [2.75, 3.05) is 26.9 Å². The van der Waals surface area contributed by atoms with Gasteiger partial charge in [0.05, 0.1) is 0 Å². The van der Waals surface area contributed by atoms with Crippen molar-refractivity contribution in [1.82, 2.24) is 0 Å². The van der Waals surface area contributed by atoms with Crippen LogP contribution in [0.25, 0.3) is 0 Å². The first-order chi connectivity index (χ1) is 5.38. The summed E-state index contributed by atoms with van der Waals surface area (Å²) in [4.78, 5) is 10.3. The summed E-state index contributed by atoms with van der Waals surface area (Å²) in [6, 6.07) is 0. The summed E-state index contributed by atoms with van der Waals surface area (Å²) in [5, 5.41) is 0. The second-order valence-corrected chi connectivity index (χ2v) is 2.04. The van der Waals surface area contributed by atoms with E-state index in [9.17, 15) is 4.79 Å². The number of allylic oxidation sites excluding steroid dienone is 1. The molecule has 0 atom stereocenters. The number of carbonyl (C=O) groups excluding carboxylic acids is 1. The Balaban J connectivity index is 2.64. The van der Waals surface area contributed by atoms with E-state index < -0.39 is 0 Å². The van der Waals surface area contributed by atoms with Crippen LogP contribution in [0.15, 0.2) is 11.5 Å². The van der Waals surface area contributed by atoms with Crippen molar-refractivity contribution in [3.63, 3.8) is 0 Å². The molecule has 1 rings (SSSR count). The molecule has 0 aliphatic carbocycles. The third-order valence-corrected chi connectivity index (χ3v) is 1.27. The van der Waals surface area contributed by atoms with E-state index in [1.807, 2.05) is 0 Å². The maximum absolute atomic E-state index is 10.3. The third kappa shape index (κ3) is 1.94. The Bertz CT molecular complexity index is 173. The molecule has 0 saturated heterocycles. The van der Waals surface area contributed by atoms with E-state index in [2.05, 4.69) is 0 Å². The molecule has 4 nitrogen and oxygen atoms in total. The van der Waals surface area contributed by atoms with Gasteiger partial charge in [-0.05, 0) is 0 Å². The average molecular weight is 158 g/mol. The SMILES string of the molecule is COCC1=C(C=O)OCCO1. The fourth-order valence-corrected chi connectivity index (χ4v) is 0.812. The van der Waals surface area contributed by atoms with E-state index in [-0.39, 0.29) is 12.4 Å². The molecule has 0 aromatic heterocycles. The predicted molar refractivity (Wildman–Crippen MR) is 36.9 cm³/mol. The summed E-state index contributed by atoms with van der Waals surface area (Å²) in [5.41, 5.74) is 0. The molecule has 0 aromatic rings. The summed E-state index contributed by atoms with van der Waals surface area (Å²) in [7, 11) is 1.54. The molecular formula is C7H10O4. The molecule has 0 bridgehead atoms. The van der Waals surface area contributed by atoms with Gasteiger partial charge in [-0.2, -0.15) is 0 Å². The van der Waals surface area contributed by atoms with Crippen LogP contribution in [0.4, 0.5) is 0 Å². The second kappa shape index (κ2) is 3.98. The molecule has 11 heavy (non-hydrogen) atoms. The highest BCUT2D eigenvalue weighted by atomic mass is 16.6. The highest BCUT2D eigenvalue weighted by Crippen LogP contribution is 2.11. The molecule has 1 heterocycles. The monoisotopic (exact) mass is 158 g/mol. The van der Waals surface area contributed by atoms with Gasteiger partial charge in [0.25, 0.3) is 0 Å². The van der Waals surface area contributed by atoms with Crippen LogP contribution in [-0.2, 0) is 19.0 Å². The lowest BCUT2D eigenvalue weighted by molar-refractivity contribution is -0.109. The summed E-state index contributed by atoms with van der Waals surface area (Å²) in [6.07, 6.45) is 0.632. The van der Waals surface area contributed by atoms with Gasteiger partial charge in [0, 0.05) is 7.11 Å². The molecular weight excluding hydrogens is 148 g/mol. The van der Waals surface area contributed by atoms with Gasteiger partial charge in [0.15, 0.2) is 17.8 Å². The zero-order chi connectivity index (χ0) is 8.10. The van der Waals surface area contributed by atoms with Crippen molar-refractivity contribution < 1.29 is 19.0 Å². The van der Waals surface area contributed by atoms with Gasteiger partial charge in [-0.1, -0.05) is 0 Å². The summed E-state index contributed by atoms with van der Waals surface area (Å²) in [5.74, 6) is 0.729. The van der Waals surface area contributed by atoms with E-state index in [0.29, 0.717) is 25.3 Å².